The molecular weight excluding hydrogens is 450 g/mol. The van der Waals surface area contributed by atoms with E-state index in [1.165, 1.54) is 16.2 Å². The fraction of sp³-hybridized carbons (Fsp3) is 0.387. The number of Topliss-reactive ketones (excluding diaryl/α,β-unsaturated/α-hetero) is 1. The number of aryl methyl sites for hydroxylation is 2. The van der Waals surface area contributed by atoms with Gasteiger partial charge in [-0.3, -0.25) is 14.4 Å². The maximum Gasteiger partial charge on any atom is 0.308 e. The smallest absolute Gasteiger partial charge is 0.308 e. The SMILES string of the molecule is CCOC(=O)C1CCC(c2ccc(C(CC(=O)c3ccc(=O)n(C)c3)c3ccccc3C)cc2)CC1. The number of pyridine rings is 1. The van der Waals surface area contributed by atoms with Crippen molar-refractivity contribution in [1.82, 2.24) is 4.57 Å². The molecule has 0 N–H and O–H groups in total. The van der Waals surface area contributed by atoms with Crippen LogP contribution in [0.15, 0.2) is 71.7 Å². The van der Waals surface area contributed by atoms with Gasteiger partial charge in [0.15, 0.2) is 5.78 Å². The molecule has 1 heterocycles. The standard InChI is InChI=1S/C31H35NO4/c1-4-36-31(35)25-15-11-23(12-16-25)22-9-13-24(14-10-22)28(27-8-6-5-7-21(27)2)19-29(33)26-17-18-30(34)32(3)20-26/h5-10,13-14,17-18,20,23,25,28H,4,11-12,15-16,19H2,1-3H3. The summed E-state index contributed by atoms with van der Waals surface area (Å²) in [6, 6.07) is 19.9. The topological polar surface area (TPSA) is 65.4 Å². The molecule has 0 spiro atoms. The van der Waals surface area contributed by atoms with Crippen molar-refractivity contribution in [2.45, 2.75) is 57.8 Å². The molecule has 0 aliphatic heterocycles. The van der Waals surface area contributed by atoms with Gasteiger partial charge in [-0.1, -0.05) is 48.5 Å². The minimum absolute atomic E-state index is 0.0141. The molecule has 0 amide bonds. The van der Waals surface area contributed by atoms with Gasteiger partial charge in [0.25, 0.3) is 0 Å². The molecule has 4 rings (SSSR count). The van der Waals surface area contributed by atoms with Crippen LogP contribution in [0.4, 0.5) is 0 Å². The second kappa shape index (κ2) is 11.5. The number of benzene rings is 2. The molecule has 2 aromatic carbocycles. The van der Waals surface area contributed by atoms with Gasteiger partial charge >= 0.3 is 5.97 Å². The predicted octanol–water partition coefficient (Wildman–Crippen LogP) is 5.94. The Bertz CT molecular complexity index is 1270. The number of nitrogens with zero attached hydrogens (tertiary/aromatic N) is 1. The van der Waals surface area contributed by atoms with Crippen molar-refractivity contribution < 1.29 is 14.3 Å². The summed E-state index contributed by atoms with van der Waals surface area (Å²) in [5.74, 6) is 0.337. The first kappa shape index (κ1) is 25.6. The van der Waals surface area contributed by atoms with Crippen LogP contribution in [0, 0.1) is 12.8 Å². The van der Waals surface area contributed by atoms with Crippen molar-refractivity contribution >= 4 is 11.8 Å². The summed E-state index contributed by atoms with van der Waals surface area (Å²) in [4.78, 5) is 37.1. The van der Waals surface area contributed by atoms with Crippen molar-refractivity contribution in [2.24, 2.45) is 13.0 Å². The zero-order valence-electron chi connectivity index (χ0n) is 21.4. The quantitative estimate of drug-likeness (QED) is 0.293. The van der Waals surface area contributed by atoms with Crippen LogP contribution in [0.2, 0.25) is 0 Å². The van der Waals surface area contributed by atoms with Crippen LogP contribution >= 0.6 is 0 Å². The fourth-order valence-corrected chi connectivity index (χ4v) is 5.37. The van der Waals surface area contributed by atoms with Crippen LogP contribution in [0.5, 0.6) is 0 Å². The van der Waals surface area contributed by atoms with Gasteiger partial charge in [0.1, 0.15) is 0 Å². The Morgan fingerprint density at radius 2 is 1.67 bits per heavy atom. The van der Waals surface area contributed by atoms with Gasteiger partial charge in [-0.05, 0) is 73.8 Å². The lowest BCUT2D eigenvalue weighted by Crippen LogP contribution is -2.23. The summed E-state index contributed by atoms with van der Waals surface area (Å²) >= 11 is 0. The highest BCUT2D eigenvalue weighted by Gasteiger charge is 2.28. The molecule has 5 nitrogen and oxygen atoms in total. The molecule has 1 unspecified atom stereocenters. The molecule has 188 valence electrons. The van der Waals surface area contributed by atoms with Crippen molar-refractivity contribution in [3.8, 4) is 0 Å². The van der Waals surface area contributed by atoms with E-state index < -0.39 is 0 Å². The number of ether oxygens (including phenoxy) is 1. The number of ketones is 1. The van der Waals surface area contributed by atoms with E-state index in [2.05, 4.69) is 43.3 Å². The summed E-state index contributed by atoms with van der Waals surface area (Å²) in [5.41, 5.74) is 5.09. The van der Waals surface area contributed by atoms with Gasteiger partial charge in [-0.15, -0.1) is 0 Å². The number of carbonyl (C=O) groups excluding carboxylic acids is 2. The maximum absolute atomic E-state index is 13.3. The molecule has 0 radical (unpaired) electrons. The number of esters is 1. The van der Waals surface area contributed by atoms with Crippen LogP contribution in [0.3, 0.4) is 0 Å². The van der Waals surface area contributed by atoms with E-state index in [0.29, 0.717) is 24.5 Å². The van der Waals surface area contributed by atoms with E-state index in [0.717, 1.165) is 42.4 Å². The van der Waals surface area contributed by atoms with Gasteiger partial charge in [-0.25, -0.2) is 0 Å². The van der Waals surface area contributed by atoms with Crippen LogP contribution in [0.1, 0.15) is 83.5 Å². The second-order valence-electron chi connectivity index (χ2n) is 9.87. The number of aromatic nitrogens is 1. The summed E-state index contributed by atoms with van der Waals surface area (Å²) in [6.07, 6.45) is 5.64. The van der Waals surface area contributed by atoms with Crippen molar-refractivity contribution in [2.75, 3.05) is 6.61 Å². The highest BCUT2D eigenvalue weighted by molar-refractivity contribution is 5.96. The van der Waals surface area contributed by atoms with E-state index in [9.17, 15) is 14.4 Å². The number of carbonyl (C=O) groups is 2. The third-order valence-electron chi connectivity index (χ3n) is 7.52. The third-order valence-corrected chi connectivity index (χ3v) is 7.52. The minimum atomic E-state index is -0.131. The normalized spacial score (nSPS) is 18.4. The summed E-state index contributed by atoms with van der Waals surface area (Å²) in [7, 11) is 1.66. The average molecular weight is 486 g/mol. The first-order chi connectivity index (χ1) is 17.4. The molecule has 0 bridgehead atoms. The Labute approximate surface area is 213 Å². The van der Waals surface area contributed by atoms with E-state index in [1.54, 1.807) is 19.3 Å². The zero-order chi connectivity index (χ0) is 25.7. The third kappa shape index (κ3) is 5.84. The second-order valence-corrected chi connectivity index (χ2v) is 9.87. The molecule has 1 aliphatic rings. The van der Waals surface area contributed by atoms with E-state index in [4.69, 9.17) is 4.74 Å². The minimum Gasteiger partial charge on any atom is -0.466 e. The Morgan fingerprint density at radius 1 is 0.972 bits per heavy atom. The lowest BCUT2D eigenvalue weighted by atomic mass is 9.78. The van der Waals surface area contributed by atoms with Crippen molar-refractivity contribution in [1.29, 1.82) is 0 Å². The summed E-state index contributed by atoms with van der Waals surface area (Å²) in [6.45, 7) is 4.37. The Kier molecular flexibility index (Phi) is 8.19. The van der Waals surface area contributed by atoms with Crippen LogP contribution in [-0.4, -0.2) is 22.9 Å². The number of hydrogen-bond acceptors (Lipinski definition) is 4. The monoisotopic (exact) mass is 485 g/mol. The predicted molar refractivity (Wildman–Crippen MR) is 141 cm³/mol. The van der Waals surface area contributed by atoms with Gasteiger partial charge in [0.2, 0.25) is 5.56 Å². The molecule has 1 aromatic heterocycles. The van der Waals surface area contributed by atoms with E-state index in [1.807, 2.05) is 19.1 Å². The van der Waals surface area contributed by atoms with Gasteiger partial charge in [-0.2, -0.15) is 0 Å². The zero-order valence-corrected chi connectivity index (χ0v) is 21.4. The molecule has 1 atom stereocenters. The lowest BCUT2D eigenvalue weighted by molar-refractivity contribution is -0.149. The Morgan fingerprint density at radius 3 is 2.31 bits per heavy atom. The average Bonchev–Trinajstić information content (AvgIpc) is 2.89. The largest absolute Gasteiger partial charge is 0.466 e. The molecule has 1 saturated carbocycles. The molecule has 36 heavy (non-hydrogen) atoms. The van der Waals surface area contributed by atoms with Crippen LogP contribution in [0.25, 0.3) is 0 Å². The molecule has 5 heteroatoms. The van der Waals surface area contributed by atoms with Crippen LogP contribution < -0.4 is 5.56 Å². The van der Waals surface area contributed by atoms with Gasteiger partial charge < -0.3 is 9.30 Å². The Balaban J connectivity index is 1.54. The molecule has 3 aromatic rings. The highest BCUT2D eigenvalue weighted by atomic mass is 16.5. The van der Waals surface area contributed by atoms with Gasteiger partial charge in [0, 0.05) is 37.2 Å². The van der Waals surface area contributed by atoms with Gasteiger partial charge in [0.05, 0.1) is 12.5 Å². The van der Waals surface area contributed by atoms with Crippen LogP contribution in [-0.2, 0) is 16.6 Å². The van der Waals surface area contributed by atoms with E-state index >= 15 is 0 Å². The molecule has 0 saturated heterocycles. The van der Waals surface area contributed by atoms with E-state index in [-0.39, 0.29) is 29.1 Å². The molecular formula is C31H35NO4. The van der Waals surface area contributed by atoms with Crippen molar-refractivity contribution in [3.05, 3.63) is 105 Å². The molecule has 1 fully saturated rings. The first-order valence-corrected chi connectivity index (χ1v) is 12.9. The Hall–Kier alpha value is -3.47. The van der Waals surface area contributed by atoms with Crippen molar-refractivity contribution in [3.63, 3.8) is 0 Å². The number of hydrogen-bond donors (Lipinski definition) is 0. The maximum atomic E-state index is 13.3. The number of rotatable bonds is 8. The highest BCUT2D eigenvalue weighted by Crippen LogP contribution is 2.38. The summed E-state index contributed by atoms with van der Waals surface area (Å²) < 4.78 is 6.65. The first-order valence-electron chi connectivity index (χ1n) is 12.9. The summed E-state index contributed by atoms with van der Waals surface area (Å²) in [5, 5.41) is 0. The fourth-order valence-electron chi connectivity index (χ4n) is 5.37. The lowest BCUT2D eigenvalue weighted by Gasteiger charge is -2.28. The molecule has 1 aliphatic carbocycles.